The Kier molecular flexibility index (Phi) is 3.62. The Morgan fingerprint density at radius 2 is 2.12 bits per heavy atom. The normalized spacial score (nSPS) is 10.4. The van der Waals surface area contributed by atoms with E-state index in [1.54, 1.807) is 18.4 Å². The van der Waals surface area contributed by atoms with Gasteiger partial charge in [0.15, 0.2) is 0 Å². The van der Waals surface area contributed by atoms with Crippen LogP contribution in [0, 0.1) is 0 Å². The third-order valence-corrected chi connectivity index (χ3v) is 2.23. The number of carbonyl (C=O) groups is 1. The van der Waals surface area contributed by atoms with Crippen LogP contribution in [-0.2, 0) is 17.8 Å². The monoisotopic (exact) mass is 235 g/mol. The zero-order chi connectivity index (χ0) is 12.1. The molecule has 0 aromatic carbocycles. The molecule has 90 valence electrons. The summed E-state index contributed by atoms with van der Waals surface area (Å²) in [6.45, 7) is 1.14. The molecule has 2 heterocycles. The molecule has 0 radical (unpaired) electrons. The molecule has 5 nitrogen and oxygen atoms in total. The number of rotatable bonds is 5. The van der Waals surface area contributed by atoms with E-state index in [0.29, 0.717) is 18.8 Å². The largest absolute Gasteiger partial charge is 0.468 e. The van der Waals surface area contributed by atoms with Crippen LogP contribution in [0.2, 0.25) is 0 Å². The van der Waals surface area contributed by atoms with Crippen LogP contribution in [0.25, 0.3) is 0 Å². The summed E-state index contributed by atoms with van der Waals surface area (Å²) in [6, 6.07) is 7.05. The molecule has 0 unspecified atom stereocenters. The molecule has 2 aromatic rings. The van der Waals surface area contributed by atoms with E-state index in [2.05, 4.69) is 10.1 Å². The van der Waals surface area contributed by atoms with Gasteiger partial charge in [-0.25, -0.2) is 4.79 Å². The van der Waals surface area contributed by atoms with Crippen molar-refractivity contribution in [3.8, 4) is 0 Å². The number of ether oxygens (including phenoxy) is 1. The Morgan fingerprint density at radius 3 is 2.82 bits per heavy atom. The third kappa shape index (κ3) is 2.98. The van der Waals surface area contributed by atoms with Crippen molar-refractivity contribution in [3.05, 3.63) is 47.8 Å². The zero-order valence-corrected chi connectivity index (χ0v) is 9.43. The van der Waals surface area contributed by atoms with Crippen molar-refractivity contribution in [2.75, 3.05) is 7.11 Å². The number of nitrogens with one attached hydrogen (secondary N) is 1. The summed E-state index contributed by atoms with van der Waals surface area (Å²) in [6.07, 6.45) is 1.62. The van der Waals surface area contributed by atoms with Crippen LogP contribution in [0.15, 0.2) is 39.4 Å². The molecule has 0 aliphatic heterocycles. The number of hydrogen-bond donors (Lipinski definition) is 1. The first-order chi connectivity index (χ1) is 8.29. The van der Waals surface area contributed by atoms with Gasteiger partial charge in [-0.2, -0.15) is 0 Å². The lowest BCUT2D eigenvalue weighted by molar-refractivity contribution is 0.0563. The first-order valence-corrected chi connectivity index (χ1v) is 5.19. The van der Waals surface area contributed by atoms with Crippen molar-refractivity contribution in [2.24, 2.45) is 0 Å². The number of carbonyl (C=O) groups excluding carboxylic acids is 1. The maximum atomic E-state index is 11.1. The second-order valence-electron chi connectivity index (χ2n) is 3.44. The Morgan fingerprint density at radius 1 is 1.29 bits per heavy atom. The second kappa shape index (κ2) is 5.36. The first kappa shape index (κ1) is 11.5. The van der Waals surface area contributed by atoms with Crippen LogP contribution in [0.3, 0.4) is 0 Å². The molecule has 0 aliphatic carbocycles. The maximum Gasteiger partial charge on any atom is 0.373 e. The van der Waals surface area contributed by atoms with E-state index in [-0.39, 0.29) is 5.76 Å². The number of hydrogen-bond acceptors (Lipinski definition) is 5. The average molecular weight is 235 g/mol. The fraction of sp³-hybridized carbons (Fsp3) is 0.250. The summed E-state index contributed by atoms with van der Waals surface area (Å²) in [5.41, 5.74) is 0. The van der Waals surface area contributed by atoms with Gasteiger partial charge >= 0.3 is 5.97 Å². The van der Waals surface area contributed by atoms with Gasteiger partial charge in [0.25, 0.3) is 0 Å². The highest BCUT2D eigenvalue weighted by molar-refractivity contribution is 5.86. The smallest absolute Gasteiger partial charge is 0.373 e. The highest BCUT2D eigenvalue weighted by Gasteiger charge is 2.10. The quantitative estimate of drug-likeness (QED) is 0.802. The molecule has 0 spiro atoms. The topological polar surface area (TPSA) is 64.6 Å². The van der Waals surface area contributed by atoms with Crippen molar-refractivity contribution >= 4 is 5.97 Å². The van der Waals surface area contributed by atoms with Crippen molar-refractivity contribution in [3.63, 3.8) is 0 Å². The van der Waals surface area contributed by atoms with Gasteiger partial charge in [0.1, 0.15) is 11.5 Å². The van der Waals surface area contributed by atoms with Crippen molar-refractivity contribution in [1.82, 2.24) is 5.32 Å². The minimum atomic E-state index is -0.470. The number of furan rings is 2. The number of methoxy groups -OCH3 is 1. The van der Waals surface area contributed by atoms with E-state index in [9.17, 15) is 4.79 Å². The van der Waals surface area contributed by atoms with E-state index >= 15 is 0 Å². The fourth-order valence-corrected chi connectivity index (χ4v) is 1.41. The molecular formula is C12H13NO4. The van der Waals surface area contributed by atoms with Crippen LogP contribution >= 0.6 is 0 Å². The van der Waals surface area contributed by atoms with Crippen LogP contribution in [-0.4, -0.2) is 13.1 Å². The Bertz CT molecular complexity index is 472. The minimum Gasteiger partial charge on any atom is -0.468 e. The first-order valence-electron chi connectivity index (χ1n) is 5.19. The van der Waals surface area contributed by atoms with Gasteiger partial charge in [0.05, 0.1) is 26.5 Å². The molecule has 2 aromatic heterocycles. The van der Waals surface area contributed by atoms with Gasteiger partial charge in [-0.05, 0) is 24.3 Å². The summed E-state index contributed by atoms with van der Waals surface area (Å²) in [5, 5.41) is 3.13. The van der Waals surface area contributed by atoms with Gasteiger partial charge in [-0.15, -0.1) is 0 Å². The second-order valence-corrected chi connectivity index (χ2v) is 3.44. The van der Waals surface area contributed by atoms with E-state index < -0.39 is 5.97 Å². The molecule has 2 rings (SSSR count). The van der Waals surface area contributed by atoms with Gasteiger partial charge in [0.2, 0.25) is 5.76 Å². The van der Waals surface area contributed by atoms with Crippen LogP contribution in [0.4, 0.5) is 0 Å². The van der Waals surface area contributed by atoms with Crippen molar-refractivity contribution in [2.45, 2.75) is 13.1 Å². The van der Waals surface area contributed by atoms with E-state index in [4.69, 9.17) is 8.83 Å². The lowest BCUT2D eigenvalue weighted by atomic mass is 10.4. The summed E-state index contributed by atoms with van der Waals surface area (Å²) in [4.78, 5) is 11.1. The minimum absolute atomic E-state index is 0.210. The van der Waals surface area contributed by atoms with E-state index in [0.717, 1.165) is 5.76 Å². The number of esters is 1. The summed E-state index contributed by atoms with van der Waals surface area (Å²) < 4.78 is 15.0. The van der Waals surface area contributed by atoms with Gasteiger partial charge in [-0.1, -0.05) is 0 Å². The predicted molar refractivity (Wildman–Crippen MR) is 59.3 cm³/mol. The molecule has 0 atom stereocenters. The molecule has 0 saturated carbocycles. The van der Waals surface area contributed by atoms with Crippen LogP contribution < -0.4 is 5.32 Å². The molecule has 0 saturated heterocycles. The zero-order valence-electron chi connectivity index (χ0n) is 9.43. The highest BCUT2D eigenvalue weighted by atomic mass is 16.5. The van der Waals surface area contributed by atoms with Gasteiger partial charge in [-0.3, -0.25) is 0 Å². The van der Waals surface area contributed by atoms with Crippen LogP contribution in [0.1, 0.15) is 22.1 Å². The molecule has 17 heavy (non-hydrogen) atoms. The summed E-state index contributed by atoms with van der Waals surface area (Å²) in [7, 11) is 1.32. The van der Waals surface area contributed by atoms with Gasteiger partial charge < -0.3 is 18.9 Å². The molecular weight excluding hydrogens is 222 g/mol. The maximum absolute atomic E-state index is 11.1. The molecule has 0 bridgehead atoms. The summed E-state index contributed by atoms with van der Waals surface area (Å²) >= 11 is 0. The lowest BCUT2D eigenvalue weighted by Gasteiger charge is -1.99. The standard InChI is InChI=1S/C12H13NO4/c1-15-12(14)11-5-4-10(17-11)8-13-7-9-3-2-6-16-9/h2-6,13H,7-8H2,1H3. The molecule has 0 amide bonds. The molecule has 1 N–H and O–H groups in total. The average Bonchev–Trinajstić information content (AvgIpc) is 2.99. The van der Waals surface area contributed by atoms with Crippen molar-refractivity contribution < 1.29 is 18.4 Å². The van der Waals surface area contributed by atoms with E-state index in [1.165, 1.54) is 7.11 Å². The fourth-order valence-electron chi connectivity index (χ4n) is 1.41. The Balaban J connectivity index is 1.83. The third-order valence-electron chi connectivity index (χ3n) is 2.23. The highest BCUT2D eigenvalue weighted by Crippen LogP contribution is 2.09. The van der Waals surface area contributed by atoms with E-state index in [1.807, 2.05) is 12.1 Å². The van der Waals surface area contributed by atoms with Crippen molar-refractivity contribution in [1.29, 1.82) is 0 Å². The Hall–Kier alpha value is -2.01. The van der Waals surface area contributed by atoms with Crippen LogP contribution in [0.5, 0.6) is 0 Å². The summed E-state index contributed by atoms with van der Waals surface area (Å²) in [5.74, 6) is 1.27. The van der Waals surface area contributed by atoms with Gasteiger partial charge in [0, 0.05) is 0 Å². The SMILES string of the molecule is COC(=O)c1ccc(CNCc2ccco2)o1. The Labute approximate surface area is 98.4 Å². The predicted octanol–water partition coefficient (Wildman–Crippen LogP) is 1.95. The molecule has 5 heteroatoms. The molecule has 0 fully saturated rings. The molecule has 0 aliphatic rings. The lowest BCUT2D eigenvalue weighted by Crippen LogP contribution is -2.11.